The highest BCUT2D eigenvalue weighted by molar-refractivity contribution is 6.22. The first kappa shape index (κ1) is 8.89. The Morgan fingerprint density at radius 2 is 2.36 bits per heavy atom. The molecule has 1 aromatic rings. The molecule has 1 aliphatic rings. The van der Waals surface area contributed by atoms with E-state index in [-0.39, 0.29) is 15.7 Å². The summed E-state index contributed by atoms with van der Waals surface area (Å²) in [6, 6.07) is 4.48. The normalized spacial score (nSPS) is 13.4. The molecule has 1 radical (unpaired) electrons. The van der Waals surface area contributed by atoms with E-state index in [4.69, 9.17) is 8.54 Å². The van der Waals surface area contributed by atoms with Gasteiger partial charge in [0.2, 0.25) is 0 Å². The van der Waals surface area contributed by atoms with Gasteiger partial charge in [0.25, 0.3) is 11.5 Å². The molecule has 0 saturated heterocycles. The summed E-state index contributed by atoms with van der Waals surface area (Å²) in [5, 5.41) is 10.5. The summed E-state index contributed by atoms with van der Waals surface area (Å²) in [4.78, 5) is 10.0. The van der Waals surface area contributed by atoms with E-state index in [2.05, 4.69) is 0 Å². The summed E-state index contributed by atoms with van der Waals surface area (Å²) in [5.41, 5.74) is 0.803. The van der Waals surface area contributed by atoms with Crippen LogP contribution in [0.15, 0.2) is 18.2 Å². The molecule has 6 heteroatoms. The third kappa shape index (κ3) is 1.39. The Hall–Kier alpha value is -1.69. The fourth-order valence-electron chi connectivity index (χ4n) is 1.18. The Morgan fingerprint density at radius 1 is 1.57 bits per heavy atom. The van der Waals surface area contributed by atoms with Gasteiger partial charge in [-0.2, -0.15) is 0 Å². The van der Waals surface area contributed by atoms with E-state index in [0.717, 1.165) is 11.3 Å². The number of non-ortho nitro benzene ring substituents is 1. The second-order valence-corrected chi connectivity index (χ2v) is 3.36. The van der Waals surface area contributed by atoms with Gasteiger partial charge in [0.1, 0.15) is 11.3 Å². The molecule has 1 heterocycles. The van der Waals surface area contributed by atoms with E-state index >= 15 is 0 Å². The number of hydrogen-bond acceptors (Lipinski definition) is 3. The molecule has 0 aromatic heterocycles. The lowest BCUT2D eigenvalue weighted by molar-refractivity contribution is -0.384. The van der Waals surface area contributed by atoms with Gasteiger partial charge in [0.05, 0.1) is 11.0 Å². The second kappa shape index (κ2) is 3.22. The van der Waals surface area contributed by atoms with Crippen molar-refractivity contribution in [2.45, 2.75) is 6.92 Å². The summed E-state index contributed by atoms with van der Waals surface area (Å²) in [7, 11) is -0.121. The second-order valence-electron chi connectivity index (χ2n) is 2.78. The molecule has 0 unspecified atom stereocenters. The van der Waals surface area contributed by atoms with E-state index in [1.54, 1.807) is 13.0 Å². The number of fused-ring (bicyclic) bond motifs is 1. The van der Waals surface area contributed by atoms with E-state index in [0.29, 0.717) is 5.75 Å². The minimum absolute atomic E-state index is 0.0308. The van der Waals surface area contributed by atoms with Crippen LogP contribution in [0.4, 0.5) is 5.69 Å². The average molecular weight is 208 g/mol. The SMILES string of the molecule is CC1=[O+][Si-]Oc2cc([N+](=O)[O-])ccc21. The minimum Gasteiger partial charge on any atom is -0.629 e. The molecule has 5 nitrogen and oxygen atoms in total. The van der Waals surface area contributed by atoms with Crippen LogP contribution in [0.3, 0.4) is 0 Å². The van der Waals surface area contributed by atoms with Crippen LogP contribution in [0, 0.1) is 10.1 Å². The predicted molar refractivity (Wildman–Crippen MR) is 49.5 cm³/mol. The van der Waals surface area contributed by atoms with Gasteiger partial charge < -0.3 is 8.54 Å². The van der Waals surface area contributed by atoms with Gasteiger partial charge in [-0.3, -0.25) is 10.1 Å². The number of benzene rings is 1. The van der Waals surface area contributed by atoms with Crippen LogP contribution in [0.5, 0.6) is 5.75 Å². The molecule has 1 aliphatic heterocycles. The molecule has 0 atom stereocenters. The van der Waals surface area contributed by atoms with Crippen LogP contribution >= 0.6 is 0 Å². The molecule has 14 heavy (non-hydrogen) atoms. The number of carbonyl (C=O) groups excluding carboxylic acids is 1. The lowest BCUT2D eigenvalue weighted by Gasteiger charge is -2.14. The van der Waals surface area contributed by atoms with Gasteiger partial charge in [-0.25, -0.2) is 0 Å². The standard InChI is InChI=1S/C8H6NO4Si/c1-5-7-3-2-6(9(10)11)4-8(7)13-14-12-5/h2-4H,1H3. The van der Waals surface area contributed by atoms with Crippen molar-refractivity contribution in [3.05, 3.63) is 33.9 Å². The Bertz CT molecular complexity index is 429. The van der Waals surface area contributed by atoms with Crippen molar-refractivity contribution in [2.24, 2.45) is 0 Å². The summed E-state index contributed by atoms with van der Waals surface area (Å²) in [5.74, 6) is 1.25. The van der Waals surface area contributed by atoms with Gasteiger partial charge in [-0.05, 0) is 6.07 Å². The smallest absolute Gasteiger partial charge is 0.424 e. The van der Waals surface area contributed by atoms with Crippen LogP contribution in [-0.4, -0.2) is 20.7 Å². The third-order valence-electron chi connectivity index (χ3n) is 1.90. The van der Waals surface area contributed by atoms with Crippen LogP contribution < -0.4 is 4.43 Å². The molecule has 71 valence electrons. The molecule has 0 spiro atoms. The number of hydrogen-bond donors (Lipinski definition) is 0. The highest BCUT2D eigenvalue weighted by atomic mass is 28.2. The Morgan fingerprint density at radius 3 is 3.07 bits per heavy atom. The maximum absolute atomic E-state index is 10.5. The van der Waals surface area contributed by atoms with E-state index < -0.39 is 4.92 Å². The number of nitro groups is 1. The van der Waals surface area contributed by atoms with Gasteiger partial charge in [-0.1, -0.05) is 0 Å². The first-order valence-corrected chi connectivity index (χ1v) is 4.71. The molecular weight excluding hydrogens is 202 g/mol. The number of nitro benzene ring substituents is 1. The highest BCUT2D eigenvalue weighted by Crippen LogP contribution is 2.26. The molecule has 0 fully saturated rings. The van der Waals surface area contributed by atoms with Crippen molar-refractivity contribution >= 4 is 21.5 Å². The van der Waals surface area contributed by atoms with Crippen molar-refractivity contribution < 1.29 is 13.5 Å². The van der Waals surface area contributed by atoms with Crippen molar-refractivity contribution in [3.63, 3.8) is 0 Å². The first-order chi connectivity index (χ1) is 6.68. The number of ketones is 1. The van der Waals surface area contributed by atoms with E-state index in [1.807, 2.05) is 0 Å². The van der Waals surface area contributed by atoms with Gasteiger partial charge in [0.15, 0.2) is 0 Å². The lowest BCUT2D eigenvalue weighted by Crippen LogP contribution is -2.13. The fourth-order valence-corrected chi connectivity index (χ4v) is 1.72. The van der Waals surface area contributed by atoms with Gasteiger partial charge in [-0.15, -0.1) is 0 Å². The molecule has 0 bridgehead atoms. The zero-order chi connectivity index (χ0) is 10.1. The Kier molecular flexibility index (Phi) is 2.05. The first-order valence-electron chi connectivity index (χ1n) is 3.89. The molecule has 0 aliphatic carbocycles. The topological polar surface area (TPSA) is 63.7 Å². The van der Waals surface area contributed by atoms with Gasteiger partial charge >= 0.3 is 10.0 Å². The Labute approximate surface area is 82.2 Å². The third-order valence-corrected chi connectivity index (χ3v) is 2.59. The zero-order valence-corrected chi connectivity index (χ0v) is 8.31. The monoisotopic (exact) mass is 208 g/mol. The fraction of sp³-hybridized carbons (Fsp3) is 0.125. The summed E-state index contributed by atoms with van der Waals surface area (Å²) >= 11 is 0. The van der Waals surface area contributed by atoms with E-state index in [9.17, 15) is 10.1 Å². The number of nitrogens with zero attached hydrogens (tertiary/aromatic N) is 1. The molecule has 1 aromatic carbocycles. The van der Waals surface area contributed by atoms with Crippen molar-refractivity contribution in [1.82, 2.24) is 0 Å². The highest BCUT2D eigenvalue weighted by Gasteiger charge is 2.19. The largest absolute Gasteiger partial charge is 0.629 e. The summed E-state index contributed by atoms with van der Waals surface area (Å²) < 4.78 is 10.3. The zero-order valence-electron chi connectivity index (χ0n) is 7.31. The molecule has 2 rings (SSSR count). The van der Waals surface area contributed by atoms with Crippen LogP contribution in [0.2, 0.25) is 0 Å². The summed E-state index contributed by atoms with van der Waals surface area (Å²) in [6.07, 6.45) is 0. The van der Waals surface area contributed by atoms with Crippen LogP contribution in [-0.2, 0) is 0 Å². The molecular formula is C8H6NO4Si. The van der Waals surface area contributed by atoms with Gasteiger partial charge in [0, 0.05) is 13.0 Å². The average Bonchev–Trinajstić information content (AvgIpc) is 2.17. The van der Waals surface area contributed by atoms with Crippen LogP contribution in [0.1, 0.15) is 16.6 Å². The lowest BCUT2D eigenvalue weighted by atomic mass is 10.1. The number of rotatable bonds is 1. The van der Waals surface area contributed by atoms with Crippen molar-refractivity contribution in [2.75, 3.05) is 0 Å². The Balaban J connectivity index is 2.51. The molecule has 0 saturated carbocycles. The predicted octanol–water partition coefficient (Wildman–Crippen LogP) is 1.26. The minimum atomic E-state index is -0.447. The molecule has 0 N–H and O–H groups in total. The summed E-state index contributed by atoms with van der Waals surface area (Å²) in [6.45, 7) is 1.81. The maximum atomic E-state index is 10.5. The van der Waals surface area contributed by atoms with Crippen molar-refractivity contribution in [3.8, 4) is 5.75 Å². The van der Waals surface area contributed by atoms with Crippen LogP contribution in [0.25, 0.3) is 0 Å². The quantitative estimate of drug-likeness (QED) is 0.302. The molecule has 0 amide bonds. The van der Waals surface area contributed by atoms with Crippen molar-refractivity contribution in [1.29, 1.82) is 0 Å². The maximum Gasteiger partial charge on any atom is 0.424 e. The van der Waals surface area contributed by atoms with E-state index in [1.165, 1.54) is 12.1 Å².